The molecule has 6 heteroatoms. The number of imidazole rings is 1. The summed E-state index contributed by atoms with van der Waals surface area (Å²) in [5.74, 6) is 1.53. The molecular weight excluding hydrogens is 268 g/mol. The number of hydrogen-bond acceptors (Lipinski definition) is 5. The van der Waals surface area contributed by atoms with Gasteiger partial charge in [0.1, 0.15) is 17.3 Å². The number of carbonyl (C=O) groups excluding carboxylic acids is 1. The number of aldehydes is 1. The van der Waals surface area contributed by atoms with Crippen molar-refractivity contribution in [2.24, 2.45) is 0 Å². The molecule has 6 nitrogen and oxygen atoms in total. The van der Waals surface area contributed by atoms with Crippen molar-refractivity contribution in [3.63, 3.8) is 0 Å². The number of fused-ring (bicyclic) bond motifs is 1. The number of aromatic nitrogens is 3. The number of hydrogen-bond donors (Lipinski definition) is 1. The van der Waals surface area contributed by atoms with E-state index in [4.69, 9.17) is 4.74 Å². The standard InChI is InChI=1S/C15H14N4O2/c1-21-13-5-3-2-4-11(13)8-16-14-6-7-15-17-12(10-20)9-19(15)18-14/h2-7,9-10H,8H2,1H3,(H,16,18). The normalized spacial score (nSPS) is 10.5. The van der Waals surface area contributed by atoms with Gasteiger partial charge in [0.25, 0.3) is 0 Å². The highest BCUT2D eigenvalue weighted by Gasteiger charge is 2.04. The Morgan fingerprint density at radius 2 is 2.14 bits per heavy atom. The minimum absolute atomic E-state index is 0.365. The summed E-state index contributed by atoms with van der Waals surface area (Å²) in [6.45, 7) is 0.595. The van der Waals surface area contributed by atoms with Gasteiger partial charge in [0, 0.05) is 12.1 Å². The number of ether oxygens (including phenoxy) is 1. The maximum atomic E-state index is 10.7. The minimum atomic E-state index is 0.365. The van der Waals surface area contributed by atoms with Gasteiger partial charge in [-0.1, -0.05) is 18.2 Å². The average molecular weight is 282 g/mol. The lowest BCUT2D eigenvalue weighted by molar-refractivity contribution is 0.111. The molecule has 0 aliphatic carbocycles. The first-order valence-electron chi connectivity index (χ1n) is 6.47. The van der Waals surface area contributed by atoms with Gasteiger partial charge in [-0.2, -0.15) is 0 Å². The summed E-state index contributed by atoms with van der Waals surface area (Å²) in [5, 5.41) is 7.58. The molecule has 0 fully saturated rings. The van der Waals surface area contributed by atoms with Gasteiger partial charge in [-0.3, -0.25) is 4.79 Å². The van der Waals surface area contributed by atoms with Gasteiger partial charge in [-0.05, 0) is 18.2 Å². The van der Waals surface area contributed by atoms with Crippen molar-refractivity contribution >= 4 is 17.8 Å². The van der Waals surface area contributed by atoms with E-state index in [1.165, 1.54) is 0 Å². The van der Waals surface area contributed by atoms with E-state index in [1.54, 1.807) is 17.8 Å². The van der Waals surface area contributed by atoms with E-state index in [9.17, 15) is 4.79 Å². The number of nitrogens with one attached hydrogen (secondary N) is 1. The van der Waals surface area contributed by atoms with E-state index in [2.05, 4.69) is 15.4 Å². The number of nitrogens with zero attached hydrogens (tertiary/aromatic N) is 3. The van der Waals surface area contributed by atoms with E-state index in [0.717, 1.165) is 11.3 Å². The summed E-state index contributed by atoms with van der Waals surface area (Å²) in [5.41, 5.74) is 2.05. The number of methoxy groups -OCH3 is 1. The summed E-state index contributed by atoms with van der Waals surface area (Å²) in [4.78, 5) is 14.8. The monoisotopic (exact) mass is 282 g/mol. The molecule has 0 spiro atoms. The smallest absolute Gasteiger partial charge is 0.170 e. The van der Waals surface area contributed by atoms with Crippen molar-refractivity contribution in [1.29, 1.82) is 0 Å². The fourth-order valence-electron chi connectivity index (χ4n) is 2.09. The maximum absolute atomic E-state index is 10.7. The van der Waals surface area contributed by atoms with E-state index in [1.807, 2.05) is 36.4 Å². The first-order chi connectivity index (χ1) is 10.3. The third-order valence-electron chi connectivity index (χ3n) is 3.11. The highest BCUT2D eigenvalue weighted by Crippen LogP contribution is 2.18. The van der Waals surface area contributed by atoms with Gasteiger partial charge in [0.05, 0.1) is 13.3 Å². The molecule has 106 valence electrons. The van der Waals surface area contributed by atoms with Gasteiger partial charge in [0.15, 0.2) is 11.9 Å². The number of carbonyl (C=O) groups is 1. The van der Waals surface area contributed by atoms with E-state index >= 15 is 0 Å². The molecule has 0 aliphatic heterocycles. The van der Waals surface area contributed by atoms with Crippen molar-refractivity contribution in [2.75, 3.05) is 12.4 Å². The van der Waals surface area contributed by atoms with Crippen LogP contribution in [0.3, 0.4) is 0 Å². The molecule has 0 radical (unpaired) electrons. The van der Waals surface area contributed by atoms with Gasteiger partial charge in [-0.25, -0.2) is 9.50 Å². The Hall–Kier alpha value is -2.89. The Morgan fingerprint density at radius 1 is 1.29 bits per heavy atom. The first-order valence-corrected chi connectivity index (χ1v) is 6.47. The third kappa shape index (κ3) is 2.69. The molecular formula is C15H14N4O2. The number of anilines is 1. The first kappa shape index (κ1) is 13.1. The predicted molar refractivity (Wildman–Crippen MR) is 78.7 cm³/mol. The molecule has 1 aromatic carbocycles. The minimum Gasteiger partial charge on any atom is -0.496 e. The molecule has 2 aromatic heterocycles. The van der Waals surface area contributed by atoms with Crippen molar-refractivity contribution < 1.29 is 9.53 Å². The molecule has 21 heavy (non-hydrogen) atoms. The lowest BCUT2D eigenvalue weighted by atomic mass is 10.2. The van der Waals surface area contributed by atoms with Crippen LogP contribution in [0, 0.1) is 0 Å². The number of rotatable bonds is 5. The molecule has 0 saturated heterocycles. The van der Waals surface area contributed by atoms with Gasteiger partial charge < -0.3 is 10.1 Å². The van der Waals surface area contributed by atoms with Crippen LogP contribution in [0.4, 0.5) is 5.82 Å². The fraction of sp³-hybridized carbons (Fsp3) is 0.133. The Morgan fingerprint density at radius 3 is 2.95 bits per heavy atom. The average Bonchev–Trinajstić information content (AvgIpc) is 2.95. The summed E-state index contributed by atoms with van der Waals surface area (Å²) in [7, 11) is 1.65. The van der Waals surface area contributed by atoms with Crippen LogP contribution in [0.2, 0.25) is 0 Å². The molecule has 0 aliphatic rings. The maximum Gasteiger partial charge on any atom is 0.170 e. The van der Waals surface area contributed by atoms with Crippen LogP contribution >= 0.6 is 0 Å². The van der Waals surface area contributed by atoms with Crippen molar-refractivity contribution in [3.05, 3.63) is 53.9 Å². The van der Waals surface area contributed by atoms with Crippen LogP contribution in [0.25, 0.3) is 5.65 Å². The number of benzene rings is 1. The second-order valence-electron chi connectivity index (χ2n) is 4.47. The van der Waals surface area contributed by atoms with Gasteiger partial charge in [-0.15, -0.1) is 5.10 Å². The van der Waals surface area contributed by atoms with Gasteiger partial charge in [0.2, 0.25) is 0 Å². The Balaban J connectivity index is 1.80. The second-order valence-corrected chi connectivity index (χ2v) is 4.47. The molecule has 0 bridgehead atoms. The highest BCUT2D eigenvalue weighted by atomic mass is 16.5. The van der Waals surface area contributed by atoms with Crippen LogP contribution in [0.1, 0.15) is 16.1 Å². The van der Waals surface area contributed by atoms with Crippen LogP contribution in [-0.2, 0) is 6.54 Å². The Labute approximate surface area is 121 Å². The number of para-hydroxylation sites is 1. The molecule has 0 amide bonds. The van der Waals surface area contributed by atoms with E-state index < -0.39 is 0 Å². The Bertz CT molecular complexity index is 782. The zero-order valence-electron chi connectivity index (χ0n) is 11.5. The van der Waals surface area contributed by atoms with Crippen LogP contribution in [-0.4, -0.2) is 28.0 Å². The zero-order chi connectivity index (χ0) is 14.7. The Kier molecular flexibility index (Phi) is 3.51. The fourth-order valence-corrected chi connectivity index (χ4v) is 2.09. The van der Waals surface area contributed by atoms with E-state index in [-0.39, 0.29) is 0 Å². The summed E-state index contributed by atoms with van der Waals surface area (Å²) < 4.78 is 6.89. The largest absolute Gasteiger partial charge is 0.496 e. The summed E-state index contributed by atoms with van der Waals surface area (Å²) in [6.07, 6.45) is 2.30. The molecule has 3 rings (SSSR count). The van der Waals surface area contributed by atoms with Crippen molar-refractivity contribution in [3.8, 4) is 5.75 Å². The zero-order valence-corrected chi connectivity index (χ0v) is 11.5. The van der Waals surface area contributed by atoms with Crippen LogP contribution in [0.5, 0.6) is 5.75 Å². The molecule has 1 N–H and O–H groups in total. The predicted octanol–water partition coefficient (Wildman–Crippen LogP) is 2.16. The van der Waals surface area contributed by atoms with Crippen molar-refractivity contribution in [1.82, 2.24) is 14.6 Å². The second kappa shape index (κ2) is 5.62. The SMILES string of the molecule is COc1ccccc1CNc1ccc2nc(C=O)cn2n1. The van der Waals surface area contributed by atoms with Crippen LogP contribution in [0.15, 0.2) is 42.6 Å². The molecule has 3 aromatic rings. The summed E-state index contributed by atoms with van der Waals surface area (Å²) in [6, 6.07) is 11.4. The molecule has 2 heterocycles. The third-order valence-corrected chi connectivity index (χ3v) is 3.11. The molecule has 0 unspecified atom stereocenters. The lowest BCUT2D eigenvalue weighted by Crippen LogP contribution is -2.04. The highest BCUT2D eigenvalue weighted by molar-refractivity contribution is 5.73. The molecule has 0 saturated carbocycles. The quantitative estimate of drug-likeness (QED) is 0.726. The topological polar surface area (TPSA) is 68.5 Å². The summed E-state index contributed by atoms with van der Waals surface area (Å²) >= 11 is 0. The molecule has 0 atom stereocenters. The van der Waals surface area contributed by atoms with Crippen LogP contribution < -0.4 is 10.1 Å². The van der Waals surface area contributed by atoms with Crippen molar-refractivity contribution in [2.45, 2.75) is 6.54 Å². The lowest BCUT2D eigenvalue weighted by Gasteiger charge is -2.09. The van der Waals surface area contributed by atoms with E-state index in [0.29, 0.717) is 30.0 Å². The van der Waals surface area contributed by atoms with Gasteiger partial charge >= 0.3 is 0 Å².